The number of aromatic nitrogens is 2. The van der Waals surface area contributed by atoms with Crippen LogP contribution in [0.4, 0.5) is 5.69 Å². The zero-order chi connectivity index (χ0) is 15.0. The molecule has 112 valence electrons. The van der Waals surface area contributed by atoms with Crippen molar-refractivity contribution in [3.8, 4) is 0 Å². The topological polar surface area (TPSA) is 99.2 Å². The monoisotopic (exact) mass is 346 g/mol. The molecule has 0 saturated heterocycles. The molecular weight excluding hydrogens is 328 g/mol. The van der Waals surface area contributed by atoms with E-state index in [1.807, 2.05) is 0 Å². The minimum atomic E-state index is -0.508. The van der Waals surface area contributed by atoms with Crippen LogP contribution in [0.2, 0.25) is 0 Å². The van der Waals surface area contributed by atoms with Crippen LogP contribution in [0.15, 0.2) is 15.5 Å². The van der Waals surface area contributed by atoms with Gasteiger partial charge in [-0.25, -0.2) is 4.68 Å². The van der Waals surface area contributed by atoms with Gasteiger partial charge in [-0.2, -0.15) is 5.10 Å². The molecule has 0 spiro atoms. The molecule has 0 aromatic carbocycles. The molecule has 0 aliphatic rings. The molecule has 0 aliphatic carbocycles. The fourth-order valence-corrected chi connectivity index (χ4v) is 1.93. The SMILES string of the molecule is CCCCn1ncc(NCCOCC(N)=O)c(Br)c1=O. The number of hydrogen-bond donors (Lipinski definition) is 2. The number of nitrogens with one attached hydrogen (secondary N) is 1. The second-order valence-electron chi connectivity index (χ2n) is 4.20. The van der Waals surface area contributed by atoms with Gasteiger partial charge in [0.2, 0.25) is 5.91 Å². The molecule has 1 aromatic heterocycles. The van der Waals surface area contributed by atoms with E-state index in [1.54, 1.807) is 6.20 Å². The van der Waals surface area contributed by atoms with Crippen LogP contribution in [-0.2, 0) is 16.1 Å². The number of halogens is 1. The third-order valence-electron chi connectivity index (χ3n) is 2.51. The van der Waals surface area contributed by atoms with Gasteiger partial charge in [0, 0.05) is 13.1 Å². The Labute approximate surface area is 125 Å². The zero-order valence-electron chi connectivity index (χ0n) is 11.4. The maximum absolute atomic E-state index is 12.0. The van der Waals surface area contributed by atoms with E-state index in [-0.39, 0.29) is 12.2 Å². The van der Waals surface area contributed by atoms with E-state index in [2.05, 4.69) is 33.3 Å². The largest absolute Gasteiger partial charge is 0.380 e. The number of primary amides is 1. The first-order valence-corrected chi connectivity index (χ1v) is 7.21. The van der Waals surface area contributed by atoms with E-state index in [9.17, 15) is 9.59 Å². The Morgan fingerprint density at radius 1 is 1.60 bits per heavy atom. The molecular formula is C12H19BrN4O3. The molecule has 1 amide bonds. The number of amides is 1. The van der Waals surface area contributed by atoms with Crippen LogP contribution in [0.25, 0.3) is 0 Å². The molecule has 0 fully saturated rings. The van der Waals surface area contributed by atoms with Crippen molar-refractivity contribution >= 4 is 27.5 Å². The second kappa shape index (κ2) is 8.70. The molecule has 20 heavy (non-hydrogen) atoms. The maximum Gasteiger partial charge on any atom is 0.283 e. The minimum absolute atomic E-state index is 0.111. The van der Waals surface area contributed by atoms with E-state index >= 15 is 0 Å². The van der Waals surface area contributed by atoms with Crippen LogP contribution in [0.3, 0.4) is 0 Å². The molecule has 0 radical (unpaired) electrons. The van der Waals surface area contributed by atoms with Gasteiger partial charge in [-0.15, -0.1) is 0 Å². The van der Waals surface area contributed by atoms with Crippen molar-refractivity contribution in [1.82, 2.24) is 9.78 Å². The predicted octanol–water partition coefficient (Wildman–Crippen LogP) is 0.720. The smallest absolute Gasteiger partial charge is 0.283 e. The van der Waals surface area contributed by atoms with Crippen molar-refractivity contribution in [2.24, 2.45) is 5.73 Å². The summed E-state index contributed by atoms with van der Waals surface area (Å²) < 4.78 is 6.88. The molecule has 0 aliphatic heterocycles. The number of aryl methyl sites for hydroxylation is 1. The van der Waals surface area contributed by atoms with Gasteiger partial charge in [0.1, 0.15) is 11.1 Å². The second-order valence-corrected chi connectivity index (χ2v) is 4.99. The molecule has 0 saturated carbocycles. The van der Waals surface area contributed by atoms with Crippen LogP contribution >= 0.6 is 15.9 Å². The third kappa shape index (κ3) is 5.30. The average molecular weight is 347 g/mol. The van der Waals surface area contributed by atoms with Crippen LogP contribution in [0.5, 0.6) is 0 Å². The third-order valence-corrected chi connectivity index (χ3v) is 3.28. The van der Waals surface area contributed by atoms with E-state index in [0.717, 1.165) is 12.8 Å². The van der Waals surface area contributed by atoms with Gasteiger partial charge in [0.15, 0.2) is 0 Å². The number of unbranched alkanes of at least 4 members (excludes halogenated alkanes) is 1. The first kappa shape index (κ1) is 16.6. The van der Waals surface area contributed by atoms with E-state index in [4.69, 9.17) is 10.5 Å². The summed E-state index contributed by atoms with van der Waals surface area (Å²) in [4.78, 5) is 22.5. The van der Waals surface area contributed by atoms with Crippen molar-refractivity contribution in [2.45, 2.75) is 26.3 Å². The summed E-state index contributed by atoms with van der Waals surface area (Å²) in [5.74, 6) is -0.508. The number of ether oxygens (including phenoxy) is 1. The van der Waals surface area contributed by atoms with Gasteiger partial charge in [-0.3, -0.25) is 9.59 Å². The number of hydrogen-bond acceptors (Lipinski definition) is 5. The van der Waals surface area contributed by atoms with Crippen LogP contribution in [-0.4, -0.2) is 35.4 Å². The lowest BCUT2D eigenvalue weighted by molar-refractivity contribution is -0.122. The molecule has 8 heteroatoms. The molecule has 1 rings (SSSR count). The lowest BCUT2D eigenvalue weighted by Gasteiger charge is -2.10. The molecule has 0 unspecified atom stereocenters. The van der Waals surface area contributed by atoms with Gasteiger partial charge >= 0.3 is 0 Å². The molecule has 0 bridgehead atoms. The van der Waals surface area contributed by atoms with Gasteiger partial charge in [0.05, 0.1) is 18.5 Å². The summed E-state index contributed by atoms with van der Waals surface area (Å²) in [6, 6.07) is 0. The fraction of sp³-hybridized carbons (Fsp3) is 0.583. The molecule has 1 aromatic rings. The van der Waals surface area contributed by atoms with Crippen molar-refractivity contribution in [3.05, 3.63) is 21.0 Å². The van der Waals surface area contributed by atoms with Crippen molar-refractivity contribution in [3.63, 3.8) is 0 Å². The highest BCUT2D eigenvalue weighted by atomic mass is 79.9. The molecule has 3 N–H and O–H groups in total. The Morgan fingerprint density at radius 3 is 3.00 bits per heavy atom. The van der Waals surface area contributed by atoms with Gasteiger partial charge in [-0.05, 0) is 22.4 Å². The van der Waals surface area contributed by atoms with Crippen LogP contribution in [0.1, 0.15) is 19.8 Å². The molecule has 1 heterocycles. The lowest BCUT2D eigenvalue weighted by Crippen LogP contribution is -2.25. The standard InChI is InChI=1S/C12H19BrN4O3/c1-2-3-5-17-12(19)11(13)9(7-16-17)15-4-6-20-8-10(14)18/h7,15H,2-6,8H2,1H3,(H2,14,18). The van der Waals surface area contributed by atoms with E-state index in [0.29, 0.717) is 29.9 Å². The molecule has 0 atom stereocenters. The molecule has 7 nitrogen and oxygen atoms in total. The number of nitrogens with two attached hydrogens (primary N) is 1. The van der Waals surface area contributed by atoms with Crippen molar-refractivity contribution in [2.75, 3.05) is 25.1 Å². The minimum Gasteiger partial charge on any atom is -0.380 e. The van der Waals surface area contributed by atoms with Crippen LogP contribution < -0.4 is 16.6 Å². The van der Waals surface area contributed by atoms with E-state index in [1.165, 1.54) is 4.68 Å². The Balaban J connectivity index is 2.53. The fourth-order valence-electron chi connectivity index (χ4n) is 1.49. The Morgan fingerprint density at radius 2 is 2.35 bits per heavy atom. The highest BCUT2D eigenvalue weighted by Crippen LogP contribution is 2.15. The summed E-state index contributed by atoms with van der Waals surface area (Å²) in [6.07, 6.45) is 3.51. The van der Waals surface area contributed by atoms with Gasteiger partial charge in [0.25, 0.3) is 5.56 Å². The first-order valence-electron chi connectivity index (χ1n) is 6.41. The maximum atomic E-state index is 12.0. The van der Waals surface area contributed by atoms with Gasteiger partial charge < -0.3 is 15.8 Å². The predicted molar refractivity (Wildman–Crippen MR) is 79.6 cm³/mol. The number of nitrogens with zero attached hydrogens (tertiary/aromatic N) is 2. The number of carbonyl (C=O) groups excluding carboxylic acids is 1. The van der Waals surface area contributed by atoms with Gasteiger partial charge in [-0.1, -0.05) is 13.3 Å². The Hall–Kier alpha value is -1.41. The highest BCUT2D eigenvalue weighted by Gasteiger charge is 2.08. The average Bonchev–Trinajstić information content (AvgIpc) is 2.41. The highest BCUT2D eigenvalue weighted by molar-refractivity contribution is 9.10. The van der Waals surface area contributed by atoms with Crippen LogP contribution in [0, 0.1) is 0 Å². The summed E-state index contributed by atoms with van der Waals surface area (Å²) in [6.45, 7) is 3.32. The first-order chi connectivity index (χ1) is 9.56. The normalized spacial score (nSPS) is 10.5. The summed E-state index contributed by atoms with van der Waals surface area (Å²) in [5.41, 5.74) is 5.38. The Bertz CT molecular complexity index is 504. The van der Waals surface area contributed by atoms with Crippen molar-refractivity contribution < 1.29 is 9.53 Å². The Kier molecular flexibility index (Phi) is 7.24. The summed E-state index contributed by atoms with van der Waals surface area (Å²) in [7, 11) is 0. The van der Waals surface area contributed by atoms with Crippen molar-refractivity contribution in [1.29, 1.82) is 0 Å². The zero-order valence-corrected chi connectivity index (χ0v) is 13.0. The van der Waals surface area contributed by atoms with E-state index < -0.39 is 5.91 Å². The quantitative estimate of drug-likeness (QED) is 0.642. The summed E-state index contributed by atoms with van der Waals surface area (Å²) in [5, 5.41) is 7.11. The number of anilines is 1. The lowest BCUT2D eigenvalue weighted by atomic mass is 10.3. The number of rotatable bonds is 9. The summed E-state index contributed by atoms with van der Waals surface area (Å²) >= 11 is 3.26. The number of carbonyl (C=O) groups is 1.